The Morgan fingerprint density at radius 2 is 2.00 bits per heavy atom. The first-order valence-corrected chi connectivity index (χ1v) is 7.16. The summed E-state index contributed by atoms with van der Waals surface area (Å²) in [5, 5.41) is 29.6. The topological polar surface area (TPSA) is 93.2 Å². The monoisotopic (exact) mass is 289 g/mol. The predicted molar refractivity (Wildman–Crippen MR) is 74.0 cm³/mol. The maximum absolute atomic E-state index is 9.25. The molecule has 0 N–H and O–H groups in total. The minimum Gasteiger partial charge on any atom is -0.226 e. The number of rotatable bonds is 4. The molecule has 0 atom stereocenters. The van der Waals surface area contributed by atoms with Gasteiger partial charge in [0.25, 0.3) is 0 Å². The lowest BCUT2D eigenvalue weighted by molar-refractivity contribution is 0.501. The lowest BCUT2D eigenvalue weighted by Gasteiger charge is -2.08. The van der Waals surface area contributed by atoms with Gasteiger partial charge in [-0.3, -0.25) is 0 Å². The Morgan fingerprint density at radius 3 is 2.65 bits per heavy atom. The Hall–Kier alpha value is -2.01. The summed E-state index contributed by atoms with van der Waals surface area (Å²) in [4.78, 5) is 0. The largest absolute Gasteiger partial charge is 0.226 e. The van der Waals surface area contributed by atoms with Crippen molar-refractivity contribution in [3.8, 4) is 6.07 Å². The minimum absolute atomic E-state index is 0.196. The van der Waals surface area contributed by atoms with Gasteiger partial charge in [-0.15, -0.1) is 10.2 Å². The number of aromatic nitrogens is 6. The Bertz CT molecular complexity index is 656. The van der Waals surface area contributed by atoms with Crippen molar-refractivity contribution < 1.29 is 0 Å². The minimum atomic E-state index is 0.196. The summed E-state index contributed by atoms with van der Waals surface area (Å²) in [6, 6.07) is 2.39. The molecule has 2 aromatic rings. The van der Waals surface area contributed by atoms with Crippen LogP contribution in [-0.4, -0.2) is 30.4 Å². The van der Waals surface area contributed by atoms with E-state index in [1.165, 1.54) is 11.8 Å². The van der Waals surface area contributed by atoms with Crippen LogP contribution in [0, 0.1) is 25.2 Å². The van der Waals surface area contributed by atoms with E-state index < -0.39 is 0 Å². The first kappa shape index (κ1) is 14.4. The van der Waals surface area contributed by atoms with Crippen molar-refractivity contribution in [2.75, 3.05) is 0 Å². The summed E-state index contributed by atoms with van der Waals surface area (Å²) in [5.74, 6) is 1.31. The highest BCUT2D eigenvalue weighted by atomic mass is 32.2. The van der Waals surface area contributed by atoms with Crippen LogP contribution in [0.3, 0.4) is 0 Å². The smallest absolute Gasteiger partial charge is 0.161 e. The molecule has 0 fully saturated rings. The van der Waals surface area contributed by atoms with E-state index in [0.717, 1.165) is 17.1 Å². The molecule has 0 amide bonds. The molecule has 0 unspecified atom stereocenters. The van der Waals surface area contributed by atoms with Crippen molar-refractivity contribution in [3.63, 3.8) is 0 Å². The molecular weight excluding hydrogens is 274 g/mol. The average Bonchev–Trinajstić information content (AvgIpc) is 2.88. The van der Waals surface area contributed by atoms with Gasteiger partial charge in [0.2, 0.25) is 0 Å². The fourth-order valence-corrected chi connectivity index (χ4v) is 2.56. The predicted octanol–water partition coefficient (Wildman–Crippen LogP) is 1.82. The van der Waals surface area contributed by atoms with Gasteiger partial charge in [-0.1, -0.05) is 11.8 Å². The second kappa shape index (κ2) is 5.96. The van der Waals surface area contributed by atoms with Crippen molar-refractivity contribution in [1.29, 1.82) is 5.26 Å². The maximum Gasteiger partial charge on any atom is 0.161 e. The van der Waals surface area contributed by atoms with Crippen molar-refractivity contribution >= 4 is 11.8 Å². The van der Waals surface area contributed by atoms with Crippen LogP contribution in [-0.2, 0) is 5.75 Å². The molecule has 0 aromatic carbocycles. The van der Waals surface area contributed by atoms with Crippen molar-refractivity contribution in [1.82, 2.24) is 30.4 Å². The number of nitriles is 1. The van der Waals surface area contributed by atoms with E-state index in [1.807, 2.05) is 27.7 Å². The van der Waals surface area contributed by atoms with Crippen LogP contribution < -0.4 is 0 Å². The van der Waals surface area contributed by atoms with Gasteiger partial charge < -0.3 is 0 Å². The molecule has 0 spiro atoms. The van der Waals surface area contributed by atoms with Gasteiger partial charge in [0.15, 0.2) is 5.82 Å². The van der Waals surface area contributed by atoms with Crippen LogP contribution in [0.5, 0.6) is 0 Å². The van der Waals surface area contributed by atoms with Gasteiger partial charge in [-0.05, 0) is 43.7 Å². The van der Waals surface area contributed by atoms with E-state index in [4.69, 9.17) is 0 Å². The molecule has 8 heteroatoms. The fraction of sp³-hybridized carbons (Fsp3) is 0.500. The first-order chi connectivity index (χ1) is 9.54. The van der Waals surface area contributed by atoms with Crippen LogP contribution in [0.4, 0.5) is 0 Å². The summed E-state index contributed by atoms with van der Waals surface area (Å²) >= 11 is 1.42. The van der Waals surface area contributed by atoms with Gasteiger partial charge in [-0.2, -0.15) is 10.4 Å². The number of aryl methyl sites for hydroxylation is 1. The van der Waals surface area contributed by atoms with Gasteiger partial charge in [0.05, 0.1) is 23.1 Å². The molecule has 0 aliphatic rings. The summed E-state index contributed by atoms with van der Waals surface area (Å²) in [6.07, 6.45) is 0. The molecule has 104 valence electrons. The molecular formula is C12H15N7S. The van der Waals surface area contributed by atoms with Gasteiger partial charge in [0, 0.05) is 0 Å². The molecule has 0 bridgehead atoms. The Kier molecular flexibility index (Phi) is 4.29. The van der Waals surface area contributed by atoms with E-state index in [9.17, 15) is 5.26 Å². The van der Waals surface area contributed by atoms with E-state index in [1.54, 1.807) is 4.68 Å². The maximum atomic E-state index is 9.25. The molecule has 2 heterocycles. The molecule has 0 aliphatic carbocycles. The number of hydrogen-bond acceptors (Lipinski definition) is 7. The number of hydrogen-bond donors (Lipinski definition) is 0. The third-order valence-corrected chi connectivity index (χ3v) is 3.88. The van der Waals surface area contributed by atoms with Crippen LogP contribution in [0.25, 0.3) is 0 Å². The molecule has 20 heavy (non-hydrogen) atoms. The average molecular weight is 289 g/mol. The number of thioether (sulfide) groups is 1. The highest BCUT2D eigenvalue weighted by Crippen LogP contribution is 2.25. The van der Waals surface area contributed by atoms with Gasteiger partial charge >= 0.3 is 0 Å². The molecule has 2 rings (SSSR count). The zero-order valence-corrected chi connectivity index (χ0v) is 12.6. The standard InChI is InChI=1S/C12H15N7S/c1-7(2)19-11(15-17-18-19)6-20-12-10(5-13)8(3)9(4)14-16-12/h7H,6H2,1-4H3. The van der Waals surface area contributed by atoms with Crippen molar-refractivity contribution in [2.45, 2.75) is 44.5 Å². The lowest BCUT2D eigenvalue weighted by Crippen LogP contribution is -2.07. The molecule has 0 aliphatic heterocycles. The molecule has 0 saturated heterocycles. The second-order valence-corrected chi connectivity index (χ2v) is 5.59. The molecule has 2 aromatic heterocycles. The summed E-state index contributed by atoms with van der Waals surface area (Å²) in [5.41, 5.74) is 2.22. The quantitative estimate of drug-likeness (QED) is 0.792. The fourth-order valence-electron chi connectivity index (χ4n) is 1.66. The Morgan fingerprint density at radius 1 is 1.25 bits per heavy atom. The highest BCUT2D eigenvalue weighted by molar-refractivity contribution is 7.98. The van der Waals surface area contributed by atoms with E-state index in [2.05, 4.69) is 31.8 Å². The lowest BCUT2D eigenvalue weighted by atomic mass is 10.1. The van der Waals surface area contributed by atoms with Gasteiger partial charge in [-0.25, -0.2) is 4.68 Å². The summed E-state index contributed by atoms with van der Waals surface area (Å²) in [7, 11) is 0. The zero-order chi connectivity index (χ0) is 14.7. The highest BCUT2D eigenvalue weighted by Gasteiger charge is 2.14. The third kappa shape index (κ3) is 2.77. The van der Waals surface area contributed by atoms with Crippen LogP contribution in [0.1, 0.15) is 42.5 Å². The number of tetrazole rings is 1. The molecule has 7 nitrogen and oxygen atoms in total. The Labute approximate surface area is 121 Å². The molecule has 0 saturated carbocycles. The second-order valence-electron chi connectivity index (χ2n) is 4.62. The van der Waals surface area contributed by atoms with E-state index in [-0.39, 0.29) is 6.04 Å². The van der Waals surface area contributed by atoms with Gasteiger partial charge in [0.1, 0.15) is 11.1 Å². The Balaban J connectivity index is 2.22. The van der Waals surface area contributed by atoms with E-state index >= 15 is 0 Å². The van der Waals surface area contributed by atoms with Crippen molar-refractivity contribution in [2.24, 2.45) is 0 Å². The zero-order valence-electron chi connectivity index (χ0n) is 11.8. The SMILES string of the molecule is Cc1nnc(SCc2nnnn2C(C)C)c(C#N)c1C. The first-order valence-electron chi connectivity index (χ1n) is 6.18. The summed E-state index contributed by atoms with van der Waals surface area (Å²) in [6.45, 7) is 7.75. The third-order valence-electron chi connectivity index (χ3n) is 2.92. The number of nitrogens with zero attached hydrogens (tertiary/aromatic N) is 7. The van der Waals surface area contributed by atoms with Crippen LogP contribution in [0.15, 0.2) is 5.03 Å². The van der Waals surface area contributed by atoms with Crippen LogP contribution in [0.2, 0.25) is 0 Å². The van der Waals surface area contributed by atoms with Crippen LogP contribution >= 0.6 is 11.8 Å². The van der Waals surface area contributed by atoms with Crippen molar-refractivity contribution in [3.05, 3.63) is 22.6 Å². The molecule has 0 radical (unpaired) electrons. The summed E-state index contributed by atoms with van der Waals surface area (Å²) < 4.78 is 1.76. The van der Waals surface area contributed by atoms with E-state index in [0.29, 0.717) is 16.3 Å². The normalized spacial score (nSPS) is 10.8.